The van der Waals surface area contributed by atoms with Crippen molar-refractivity contribution in [1.82, 2.24) is 15.5 Å². The highest BCUT2D eigenvalue weighted by Gasteiger charge is 2.29. The molecule has 0 heterocycles. The molecule has 8 nitrogen and oxygen atoms in total. The summed E-state index contributed by atoms with van der Waals surface area (Å²) in [4.78, 5) is 38.0. The summed E-state index contributed by atoms with van der Waals surface area (Å²) in [5, 5.41) is 15.0. The molecule has 30 heavy (non-hydrogen) atoms. The first-order valence-electron chi connectivity index (χ1n) is 9.87. The van der Waals surface area contributed by atoms with Crippen LogP contribution in [0.1, 0.15) is 32.3 Å². The summed E-state index contributed by atoms with van der Waals surface area (Å²) >= 11 is 0. The van der Waals surface area contributed by atoms with E-state index in [1.165, 1.54) is 4.90 Å². The summed E-state index contributed by atoms with van der Waals surface area (Å²) in [6.45, 7) is 2.45. The van der Waals surface area contributed by atoms with E-state index in [0.29, 0.717) is 0 Å². The number of halogens is 1. The van der Waals surface area contributed by atoms with E-state index in [9.17, 15) is 23.9 Å². The van der Waals surface area contributed by atoms with E-state index in [0.717, 1.165) is 5.56 Å². The lowest BCUT2D eigenvalue weighted by Gasteiger charge is -2.27. The molecule has 0 fully saturated rings. The van der Waals surface area contributed by atoms with Crippen molar-refractivity contribution in [2.75, 3.05) is 20.8 Å². The molecule has 1 aromatic rings. The Morgan fingerprint density at radius 1 is 1.13 bits per heavy atom. The summed E-state index contributed by atoms with van der Waals surface area (Å²) < 4.78 is 18.2. The largest absolute Gasteiger partial charge is 0.445 e. The van der Waals surface area contributed by atoms with E-state index in [4.69, 9.17) is 4.74 Å². The standard InChI is InChI=1S/C21H32FN3O5/c1-14(2)19(24-21(29)30-13-15-8-6-5-7-9-15)20(28)23-16(17(26)12-22)10-11-18(27)25(3)4/h5-9,14,16-17,19,26H,10-13H2,1-4H3,(H,23,28)(H,24,29)/t16-,17?,19-/m0/s1. The van der Waals surface area contributed by atoms with Gasteiger partial charge >= 0.3 is 6.09 Å². The Morgan fingerprint density at radius 2 is 1.77 bits per heavy atom. The smallest absolute Gasteiger partial charge is 0.408 e. The number of ether oxygens (including phenoxy) is 1. The second kappa shape index (κ2) is 12.8. The molecule has 168 valence electrons. The number of hydrogen-bond donors (Lipinski definition) is 3. The van der Waals surface area contributed by atoms with Crippen LogP contribution in [0.25, 0.3) is 0 Å². The van der Waals surface area contributed by atoms with Crippen LogP contribution >= 0.6 is 0 Å². The van der Waals surface area contributed by atoms with E-state index < -0.39 is 36.9 Å². The zero-order chi connectivity index (χ0) is 22.7. The Morgan fingerprint density at radius 3 is 2.30 bits per heavy atom. The molecule has 0 aliphatic carbocycles. The summed E-state index contributed by atoms with van der Waals surface area (Å²) in [5.74, 6) is -1.08. The number of amides is 3. The Hall–Kier alpha value is -2.68. The summed E-state index contributed by atoms with van der Waals surface area (Å²) in [7, 11) is 3.17. The normalized spacial score (nSPS) is 13.8. The van der Waals surface area contributed by atoms with Gasteiger partial charge in [0.1, 0.15) is 25.4 Å². The number of carbonyl (C=O) groups excluding carboxylic acids is 3. The highest BCUT2D eigenvalue weighted by atomic mass is 19.1. The molecule has 0 radical (unpaired) electrons. The van der Waals surface area contributed by atoms with Gasteiger partial charge in [-0.1, -0.05) is 44.2 Å². The van der Waals surface area contributed by atoms with Gasteiger partial charge in [-0.25, -0.2) is 9.18 Å². The van der Waals surface area contributed by atoms with Gasteiger partial charge in [-0.15, -0.1) is 0 Å². The number of aliphatic hydroxyl groups is 1. The Labute approximate surface area is 176 Å². The van der Waals surface area contributed by atoms with Crippen LogP contribution in [0, 0.1) is 5.92 Å². The fourth-order valence-electron chi connectivity index (χ4n) is 2.67. The number of rotatable bonds is 11. The molecule has 0 saturated carbocycles. The third kappa shape index (κ3) is 8.77. The van der Waals surface area contributed by atoms with Crippen molar-refractivity contribution < 1.29 is 28.6 Å². The molecule has 0 aliphatic rings. The second-order valence-corrected chi connectivity index (χ2v) is 7.59. The van der Waals surface area contributed by atoms with Crippen LogP contribution < -0.4 is 10.6 Å². The predicted octanol–water partition coefficient (Wildman–Crippen LogP) is 1.62. The Balaban J connectivity index is 2.69. The first-order chi connectivity index (χ1) is 14.1. The van der Waals surface area contributed by atoms with Crippen LogP contribution in [0.4, 0.5) is 9.18 Å². The number of hydrogen-bond acceptors (Lipinski definition) is 5. The van der Waals surface area contributed by atoms with E-state index >= 15 is 0 Å². The average molecular weight is 426 g/mol. The fraction of sp³-hybridized carbons (Fsp3) is 0.571. The quantitative estimate of drug-likeness (QED) is 0.499. The Bertz CT molecular complexity index is 684. The van der Waals surface area contributed by atoms with Gasteiger partial charge in [0.05, 0.1) is 6.04 Å². The van der Waals surface area contributed by atoms with Gasteiger partial charge in [-0.05, 0) is 17.9 Å². The van der Waals surface area contributed by atoms with Crippen LogP contribution in [0.5, 0.6) is 0 Å². The van der Waals surface area contributed by atoms with Crippen molar-refractivity contribution in [3.8, 4) is 0 Å². The summed E-state index contributed by atoms with van der Waals surface area (Å²) in [6, 6.07) is 7.17. The first kappa shape index (κ1) is 25.4. The van der Waals surface area contributed by atoms with Crippen molar-refractivity contribution in [1.29, 1.82) is 0 Å². The van der Waals surface area contributed by atoms with Crippen molar-refractivity contribution in [3.05, 3.63) is 35.9 Å². The van der Waals surface area contributed by atoms with Crippen LogP contribution in [-0.4, -0.2) is 66.9 Å². The maximum absolute atomic E-state index is 13.0. The highest BCUT2D eigenvalue weighted by molar-refractivity contribution is 5.86. The zero-order valence-electron chi connectivity index (χ0n) is 17.9. The van der Waals surface area contributed by atoms with Crippen molar-refractivity contribution >= 4 is 17.9 Å². The SMILES string of the molecule is CC(C)[C@H](NC(=O)OCc1ccccc1)C(=O)N[C@@H](CCC(=O)N(C)C)C(O)CF. The number of nitrogens with one attached hydrogen (secondary N) is 2. The van der Waals surface area contributed by atoms with E-state index in [1.807, 2.05) is 18.2 Å². The van der Waals surface area contributed by atoms with Crippen LogP contribution in [0.3, 0.4) is 0 Å². The molecule has 0 bridgehead atoms. The van der Waals surface area contributed by atoms with Crippen molar-refractivity contribution in [2.24, 2.45) is 5.92 Å². The molecule has 3 amide bonds. The number of aliphatic hydroxyl groups excluding tert-OH is 1. The minimum absolute atomic E-state index is 0.0356. The van der Waals surface area contributed by atoms with Gasteiger partial charge in [0, 0.05) is 20.5 Å². The first-order valence-corrected chi connectivity index (χ1v) is 9.87. The molecule has 1 unspecified atom stereocenters. The van der Waals surface area contributed by atoms with E-state index in [2.05, 4.69) is 10.6 Å². The van der Waals surface area contributed by atoms with Gasteiger partial charge < -0.3 is 25.4 Å². The topological polar surface area (TPSA) is 108 Å². The summed E-state index contributed by atoms with van der Waals surface area (Å²) in [5.41, 5.74) is 0.801. The molecule has 1 rings (SSSR count). The van der Waals surface area contributed by atoms with Crippen molar-refractivity contribution in [3.63, 3.8) is 0 Å². The van der Waals surface area contributed by atoms with Gasteiger partial charge in [-0.2, -0.15) is 0 Å². The van der Waals surface area contributed by atoms with Gasteiger partial charge in [0.25, 0.3) is 0 Å². The second-order valence-electron chi connectivity index (χ2n) is 7.59. The average Bonchev–Trinajstić information content (AvgIpc) is 2.72. The molecule has 0 spiro atoms. The van der Waals surface area contributed by atoms with Crippen molar-refractivity contribution in [2.45, 2.75) is 51.5 Å². The van der Waals surface area contributed by atoms with E-state index in [1.54, 1.807) is 40.1 Å². The molecular formula is C21H32FN3O5. The van der Waals surface area contributed by atoms with E-state index in [-0.39, 0.29) is 31.3 Å². The number of alkyl carbamates (subject to hydrolysis) is 1. The maximum Gasteiger partial charge on any atom is 0.408 e. The number of benzene rings is 1. The lowest BCUT2D eigenvalue weighted by molar-refractivity contribution is -0.130. The number of carbonyl (C=O) groups is 3. The lowest BCUT2D eigenvalue weighted by atomic mass is 10.0. The van der Waals surface area contributed by atoms with Gasteiger partial charge in [0.15, 0.2) is 0 Å². The molecule has 1 aromatic carbocycles. The zero-order valence-corrected chi connectivity index (χ0v) is 17.9. The molecule has 3 N–H and O–H groups in total. The third-order valence-corrected chi connectivity index (χ3v) is 4.55. The minimum atomic E-state index is -1.46. The number of nitrogens with zero attached hydrogens (tertiary/aromatic N) is 1. The van der Waals surface area contributed by atoms with Crippen LogP contribution in [-0.2, 0) is 20.9 Å². The molecular weight excluding hydrogens is 393 g/mol. The molecule has 0 saturated heterocycles. The van der Waals surface area contributed by atoms with Crippen LogP contribution in [0.2, 0.25) is 0 Å². The molecule has 3 atom stereocenters. The van der Waals surface area contributed by atoms with Gasteiger partial charge in [-0.3, -0.25) is 9.59 Å². The van der Waals surface area contributed by atoms with Gasteiger partial charge in [0.2, 0.25) is 11.8 Å². The maximum atomic E-state index is 13.0. The molecule has 0 aromatic heterocycles. The van der Waals surface area contributed by atoms with Crippen LogP contribution in [0.15, 0.2) is 30.3 Å². The predicted molar refractivity (Wildman–Crippen MR) is 110 cm³/mol. The number of alkyl halides is 1. The Kier molecular flexibility index (Phi) is 10.8. The third-order valence-electron chi connectivity index (χ3n) is 4.55. The monoisotopic (exact) mass is 425 g/mol. The molecule has 9 heteroatoms. The summed E-state index contributed by atoms with van der Waals surface area (Å²) in [6.07, 6.45) is -2.12. The fourth-order valence-corrected chi connectivity index (χ4v) is 2.67. The lowest BCUT2D eigenvalue weighted by Crippen LogP contribution is -2.55. The highest BCUT2D eigenvalue weighted by Crippen LogP contribution is 2.09. The molecule has 0 aliphatic heterocycles. The minimum Gasteiger partial charge on any atom is -0.445 e.